The van der Waals surface area contributed by atoms with Gasteiger partial charge >= 0.3 is 0 Å². The van der Waals surface area contributed by atoms with E-state index in [9.17, 15) is 0 Å². The molecule has 0 heteroatoms. The molecule has 0 radical (unpaired) electrons. The van der Waals surface area contributed by atoms with Crippen molar-refractivity contribution in [1.82, 2.24) is 0 Å². The Balaban J connectivity index is 1.87. The van der Waals surface area contributed by atoms with Crippen LogP contribution in [0.5, 0.6) is 0 Å². The predicted octanol–water partition coefficient (Wildman–Crippen LogP) is 3.71. The molecule has 0 heterocycles. The molecular weight excluding hydrogens is 156 g/mol. The molecule has 6 unspecified atom stereocenters. The van der Waals surface area contributed by atoms with Crippen LogP contribution in [0.3, 0.4) is 0 Å². The zero-order chi connectivity index (χ0) is 9.43. The first-order valence-electron chi connectivity index (χ1n) is 6.02. The van der Waals surface area contributed by atoms with E-state index in [0.29, 0.717) is 0 Å². The Hall–Kier alpha value is 0. The second kappa shape index (κ2) is 1.99. The summed E-state index contributed by atoms with van der Waals surface area (Å²) in [6.07, 6.45) is 4.59. The summed E-state index contributed by atoms with van der Waals surface area (Å²) in [7, 11) is 0. The van der Waals surface area contributed by atoms with E-state index in [-0.39, 0.29) is 0 Å². The Bertz CT molecular complexity index is 257. The van der Waals surface area contributed by atoms with Crippen molar-refractivity contribution >= 4 is 0 Å². The van der Waals surface area contributed by atoms with Crippen molar-refractivity contribution < 1.29 is 0 Å². The van der Waals surface area contributed by atoms with Crippen molar-refractivity contribution in [3.05, 3.63) is 0 Å². The maximum atomic E-state index is 2.56. The maximum absolute atomic E-state index is 2.56. The van der Waals surface area contributed by atoms with Gasteiger partial charge in [0.2, 0.25) is 0 Å². The van der Waals surface area contributed by atoms with Crippen LogP contribution < -0.4 is 0 Å². The predicted molar refractivity (Wildman–Crippen MR) is 55.4 cm³/mol. The Morgan fingerprint density at radius 1 is 1.00 bits per heavy atom. The van der Waals surface area contributed by atoms with Gasteiger partial charge in [0.05, 0.1) is 0 Å². The molecule has 0 nitrogen and oxygen atoms in total. The van der Waals surface area contributed by atoms with Crippen molar-refractivity contribution in [2.45, 2.75) is 47.0 Å². The molecular formula is C13H22. The smallest absolute Gasteiger partial charge is 0.0181 e. The van der Waals surface area contributed by atoms with Crippen LogP contribution in [-0.4, -0.2) is 0 Å². The van der Waals surface area contributed by atoms with Crippen molar-refractivity contribution in [3.8, 4) is 0 Å². The normalized spacial score (nSPS) is 69.2. The largest absolute Gasteiger partial charge is 0.0622 e. The van der Waals surface area contributed by atoms with E-state index in [1.807, 2.05) is 0 Å². The minimum atomic E-state index is 0.752. The molecule has 0 bridgehead atoms. The van der Waals surface area contributed by atoms with Gasteiger partial charge in [0.1, 0.15) is 0 Å². The molecule has 0 aromatic carbocycles. The number of hydrogen-bond acceptors (Lipinski definition) is 0. The summed E-state index contributed by atoms with van der Waals surface area (Å²) in [6, 6.07) is 0. The van der Waals surface area contributed by atoms with Crippen LogP contribution in [-0.2, 0) is 0 Å². The number of rotatable bonds is 2. The third kappa shape index (κ3) is 0.789. The van der Waals surface area contributed by atoms with Gasteiger partial charge in [-0.1, -0.05) is 27.7 Å². The highest BCUT2D eigenvalue weighted by Gasteiger charge is 2.75. The average Bonchev–Trinajstić information content (AvgIpc) is 2.91. The molecule has 0 N–H and O–H groups in total. The molecule has 0 spiro atoms. The van der Waals surface area contributed by atoms with Crippen LogP contribution in [0.2, 0.25) is 0 Å². The highest BCUT2D eigenvalue weighted by molar-refractivity contribution is 5.24. The third-order valence-electron chi connectivity index (χ3n) is 5.86. The molecule has 6 atom stereocenters. The highest BCUT2D eigenvalue weighted by atomic mass is 14.8. The van der Waals surface area contributed by atoms with Crippen molar-refractivity contribution in [3.63, 3.8) is 0 Å². The molecule has 74 valence electrons. The summed E-state index contributed by atoms with van der Waals surface area (Å²) in [5.74, 6) is 4.22. The lowest BCUT2D eigenvalue weighted by molar-refractivity contribution is 0.215. The van der Waals surface area contributed by atoms with Crippen LogP contribution in [0.1, 0.15) is 47.0 Å². The van der Waals surface area contributed by atoms with Crippen LogP contribution in [0.4, 0.5) is 0 Å². The topological polar surface area (TPSA) is 0 Å². The molecule has 0 aromatic rings. The van der Waals surface area contributed by atoms with Gasteiger partial charge in [0.15, 0.2) is 0 Å². The Morgan fingerprint density at radius 2 is 1.46 bits per heavy atom. The van der Waals surface area contributed by atoms with Crippen molar-refractivity contribution in [2.24, 2.45) is 34.5 Å². The van der Waals surface area contributed by atoms with Crippen molar-refractivity contribution in [2.75, 3.05) is 0 Å². The fraction of sp³-hybridized carbons (Fsp3) is 1.00. The maximum Gasteiger partial charge on any atom is -0.0181 e. The zero-order valence-electron chi connectivity index (χ0n) is 9.43. The lowest BCUT2D eigenvalue weighted by atomic mass is 9.78. The fourth-order valence-corrected chi connectivity index (χ4v) is 4.45. The van der Waals surface area contributed by atoms with Crippen LogP contribution >= 0.6 is 0 Å². The molecule has 3 aliphatic carbocycles. The first-order valence-corrected chi connectivity index (χ1v) is 6.02. The summed E-state index contributed by atoms with van der Waals surface area (Å²) in [5.41, 5.74) is 1.56. The van der Waals surface area contributed by atoms with Crippen LogP contribution in [0.25, 0.3) is 0 Å². The molecule has 3 aliphatic rings. The standard InChI is InChI=1S/C13H22/c1-8-5-11(8)13(7-10(13)3)12(4)6-9(12)2/h8-11H,5-7H2,1-4H3. The van der Waals surface area contributed by atoms with Gasteiger partial charge in [-0.15, -0.1) is 0 Å². The molecule has 0 aromatic heterocycles. The minimum absolute atomic E-state index is 0.752. The molecule has 0 amide bonds. The second-order valence-corrected chi connectivity index (χ2v) is 6.49. The summed E-state index contributed by atoms with van der Waals surface area (Å²) in [4.78, 5) is 0. The zero-order valence-corrected chi connectivity index (χ0v) is 9.43. The lowest BCUT2D eigenvalue weighted by Crippen LogP contribution is -2.21. The van der Waals surface area contributed by atoms with E-state index in [0.717, 1.165) is 34.5 Å². The molecule has 3 rings (SSSR count). The Labute approximate surface area is 82.1 Å². The van der Waals surface area contributed by atoms with Gasteiger partial charge < -0.3 is 0 Å². The highest BCUT2D eigenvalue weighted by Crippen LogP contribution is 2.82. The molecule has 0 saturated heterocycles. The molecule has 3 saturated carbocycles. The molecule has 3 fully saturated rings. The van der Waals surface area contributed by atoms with E-state index in [1.165, 1.54) is 12.8 Å². The van der Waals surface area contributed by atoms with Crippen LogP contribution in [0, 0.1) is 34.5 Å². The quantitative estimate of drug-likeness (QED) is 0.604. The number of hydrogen-bond donors (Lipinski definition) is 0. The van der Waals surface area contributed by atoms with Gasteiger partial charge in [0, 0.05) is 0 Å². The minimum Gasteiger partial charge on any atom is -0.0622 e. The van der Waals surface area contributed by atoms with E-state index < -0.39 is 0 Å². The Morgan fingerprint density at radius 3 is 1.69 bits per heavy atom. The average molecular weight is 178 g/mol. The van der Waals surface area contributed by atoms with Gasteiger partial charge in [-0.05, 0) is 53.8 Å². The van der Waals surface area contributed by atoms with Gasteiger partial charge in [-0.2, -0.15) is 0 Å². The molecule has 13 heavy (non-hydrogen) atoms. The lowest BCUT2D eigenvalue weighted by Gasteiger charge is -2.26. The van der Waals surface area contributed by atoms with Gasteiger partial charge in [0.25, 0.3) is 0 Å². The van der Waals surface area contributed by atoms with E-state index in [1.54, 1.807) is 6.42 Å². The van der Waals surface area contributed by atoms with Crippen molar-refractivity contribution in [1.29, 1.82) is 0 Å². The van der Waals surface area contributed by atoms with E-state index in [4.69, 9.17) is 0 Å². The van der Waals surface area contributed by atoms with Gasteiger partial charge in [-0.25, -0.2) is 0 Å². The van der Waals surface area contributed by atoms with E-state index in [2.05, 4.69) is 27.7 Å². The van der Waals surface area contributed by atoms with Gasteiger partial charge in [-0.3, -0.25) is 0 Å². The second-order valence-electron chi connectivity index (χ2n) is 6.49. The SMILES string of the molecule is CC1CC1C1(C2(C)CC2C)CC1C. The summed E-state index contributed by atoms with van der Waals surface area (Å²) in [5, 5.41) is 0. The summed E-state index contributed by atoms with van der Waals surface area (Å²) >= 11 is 0. The van der Waals surface area contributed by atoms with E-state index >= 15 is 0 Å². The monoisotopic (exact) mass is 178 g/mol. The first kappa shape index (κ1) is 8.32. The Kier molecular flexibility index (Phi) is 1.27. The van der Waals surface area contributed by atoms with Crippen LogP contribution in [0.15, 0.2) is 0 Å². The molecule has 0 aliphatic heterocycles. The summed E-state index contributed by atoms with van der Waals surface area (Å²) in [6.45, 7) is 9.96. The third-order valence-corrected chi connectivity index (χ3v) is 5.86. The fourth-order valence-electron chi connectivity index (χ4n) is 4.45. The first-order chi connectivity index (χ1) is 6.02. The summed E-state index contributed by atoms with van der Waals surface area (Å²) < 4.78 is 0.